The fraction of sp³-hybridized carbons (Fsp3) is 0.600. The first-order valence-corrected chi connectivity index (χ1v) is 9.63. The summed E-state index contributed by atoms with van der Waals surface area (Å²) in [5.41, 5.74) is 2.11. The minimum Gasteiger partial charge on any atom is -0.366 e. The summed E-state index contributed by atoms with van der Waals surface area (Å²) in [7, 11) is -2.90. The van der Waals surface area contributed by atoms with Gasteiger partial charge in [0.05, 0.1) is 22.2 Å². The summed E-state index contributed by atoms with van der Waals surface area (Å²) >= 11 is 6.41. The van der Waals surface area contributed by atoms with Crippen LogP contribution < -0.4 is 10.2 Å². The van der Waals surface area contributed by atoms with Crippen LogP contribution in [0.3, 0.4) is 0 Å². The Balaban J connectivity index is 1.72. The first-order valence-electron chi connectivity index (χ1n) is 7.43. The summed E-state index contributed by atoms with van der Waals surface area (Å²) in [6.45, 7) is 3.30. The number of nitrogens with one attached hydrogen (secondary N) is 1. The van der Waals surface area contributed by atoms with Gasteiger partial charge in [-0.2, -0.15) is 0 Å². The Morgan fingerprint density at radius 1 is 1.38 bits per heavy atom. The third-order valence-corrected chi connectivity index (χ3v) is 6.26. The zero-order chi connectivity index (χ0) is 15.0. The highest BCUT2D eigenvalue weighted by atomic mass is 35.5. The molecule has 2 fully saturated rings. The number of halogens is 1. The lowest BCUT2D eigenvalue weighted by Gasteiger charge is -2.35. The van der Waals surface area contributed by atoms with Crippen LogP contribution in [-0.2, 0) is 16.4 Å². The molecule has 0 radical (unpaired) electrons. The van der Waals surface area contributed by atoms with Gasteiger partial charge < -0.3 is 10.2 Å². The van der Waals surface area contributed by atoms with Crippen molar-refractivity contribution in [1.82, 2.24) is 5.32 Å². The monoisotopic (exact) mass is 328 g/mol. The number of hydrogen-bond acceptors (Lipinski definition) is 4. The second-order valence-corrected chi connectivity index (χ2v) is 8.73. The largest absolute Gasteiger partial charge is 0.366 e. The Labute approximate surface area is 131 Å². The minimum atomic E-state index is -2.90. The quantitative estimate of drug-likeness (QED) is 0.920. The predicted molar refractivity (Wildman–Crippen MR) is 86.8 cm³/mol. The Hall–Kier alpha value is -0.780. The predicted octanol–water partition coefficient (Wildman–Crippen LogP) is 2.22. The van der Waals surface area contributed by atoms with Gasteiger partial charge in [0.1, 0.15) is 0 Å². The van der Waals surface area contributed by atoms with Gasteiger partial charge in [-0.1, -0.05) is 17.7 Å². The molecule has 1 heterocycles. The Bertz CT molecular complexity index is 629. The number of anilines is 1. The van der Waals surface area contributed by atoms with Crippen LogP contribution in [0, 0.1) is 0 Å². The van der Waals surface area contributed by atoms with Crippen molar-refractivity contribution in [3.05, 3.63) is 28.8 Å². The van der Waals surface area contributed by atoms with Crippen LogP contribution in [0.1, 0.15) is 25.3 Å². The number of benzene rings is 1. The molecule has 1 unspecified atom stereocenters. The van der Waals surface area contributed by atoms with E-state index in [1.54, 1.807) is 0 Å². The molecular formula is C15H21ClN2O2S. The Kier molecular flexibility index (Phi) is 4.17. The number of hydrogen-bond donors (Lipinski definition) is 1. The van der Waals surface area contributed by atoms with Crippen LogP contribution in [0.4, 0.5) is 5.69 Å². The first-order chi connectivity index (χ1) is 9.94. The molecule has 0 aromatic heterocycles. The standard InChI is InChI=1S/C15H21ClN2O2S/c1-11-10-21(19,20)7-6-18(11)15-5-2-12(8-14(15)16)9-17-13-3-4-13/h2,5,8,11,13,17H,3-4,6-7,9-10H2,1H3. The zero-order valence-corrected chi connectivity index (χ0v) is 13.8. The summed E-state index contributed by atoms with van der Waals surface area (Å²) < 4.78 is 23.3. The van der Waals surface area contributed by atoms with E-state index in [1.807, 2.05) is 19.1 Å². The van der Waals surface area contributed by atoms with E-state index in [2.05, 4.69) is 16.3 Å². The summed E-state index contributed by atoms with van der Waals surface area (Å²) in [4.78, 5) is 2.10. The van der Waals surface area contributed by atoms with Crippen molar-refractivity contribution in [3.8, 4) is 0 Å². The number of nitrogens with zero attached hydrogens (tertiary/aromatic N) is 1. The fourth-order valence-corrected chi connectivity index (χ4v) is 4.67. The zero-order valence-electron chi connectivity index (χ0n) is 12.2. The lowest BCUT2D eigenvalue weighted by atomic mass is 10.1. The minimum absolute atomic E-state index is 0.0308. The molecule has 1 saturated carbocycles. The molecule has 1 aromatic rings. The highest BCUT2D eigenvalue weighted by molar-refractivity contribution is 7.91. The molecule has 1 aliphatic carbocycles. The highest BCUT2D eigenvalue weighted by Gasteiger charge is 2.29. The van der Waals surface area contributed by atoms with Crippen molar-refractivity contribution >= 4 is 27.1 Å². The van der Waals surface area contributed by atoms with Crippen LogP contribution in [0.15, 0.2) is 18.2 Å². The molecule has 0 bridgehead atoms. The van der Waals surface area contributed by atoms with E-state index in [1.165, 1.54) is 18.4 Å². The van der Waals surface area contributed by atoms with Crippen molar-refractivity contribution in [2.24, 2.45) is 0 Å². The molecule has 1 N–H and O–H groups in total. The Morgan fingerprint density at radius 3 is 2.76 bits per heavy atom. The third kappa shape index (κ3) is 3.71. The van der Waals surface area contributed by atoms with E-state index < -0.39 is 9.84 Å². The average molecular weight is 329 g/mol. The maximum Gasteiger partial charge on any atom is 0.154 e. The van der Waals surface area contributed by atoms with Crippen LogP contribution >= 0.6 is 11.6 Å². The smallest absolute Gasteiger partial charge is 0.154 e. The van der Waals surface area contributed by atoms with Gasteiger partial charge in [-0.25, -0.2) is 8.42 Å². The summed E-state index contributed by atoms with van der Waals surface area (Å²) in [6.07, 6.45) is 2.54. The van der Waals surface area contributed by atoms with E-state index in [-0.39, 0.29) is 17.5 Å². The SMILES string of the molecule is CC1CS(=O)(=O)CCN1c1ccc(CNC2CC2)cc1Cl. The molecule has 4 nitrogen and oxygen atoms in total. The molecule has 6 heteroatoms. The van der Waals surface area contributed by atoms with Gasteiger partial charge in [0.25, 0.3) is 0 Å². The molecule has 0 spiro atoms. The van der Waals surface area contributed by atoms with Crippen molar-refractivity contribution in [2.75, 3.05) is 23.0 Å². The number of rotatable bonds is 4. The first kappa shape index (κ1) is 15.1. The lowest BCUT2D eigenvalue weighted by molar-refractivity contribution is 0.568. The Morgan fingerprint density at radius 2 is 2.14 bits per heavy atom. The van der Waals surface area contributed by atoms with Gasteiger partial charge >= 0.3 is 0 Å². The maximum atomic E-state index is 11.7. The van der Waals surface area contributed by atoms with Crippen LogP contribution in [0.5, 0.6) is 0 Å². The average Bonchev–Trinajstić information content (AvgIpc) is 3.21. The molecule has 2 aliphatic rings. The summed E-state index contributed by atoms with van der Waals surface area (Å²) in [5, 5.41) is 4.17. The topological polar surface area (TPSA) is 49.4 Å². The van der Waals surface area contributed by atoms with Crippen LogP contribution in [0.25, 0.3) is 0 Å². The molecule has 116 valence electrons. The van der Waals surface area contributed by atoms with Crippen LogP contribution in [-0.4, -0.2) is 38.6 Å². The second-order valence-electron chi connectivity index (χ2n) is 6.10. The molecule has 1 aliphatic heterocycles. The molecule has 21 heavy (non-hydrogen) atoms. The molecular weight excluding hydrogens is 308 g/mol. The van der Waals surface area contributed by atoms with Crippen molar-refractivity contribution in [3.63, 3.8) is 0 Å². The molecule has 0 amide bonds. The third-order valence-electron chi connectivity index (χ3n) is 4.16. The van der Waals surface area contributed by atoms with Gasteiger partial charge in [0, 0.05) is 25.2 Å². The van der Waals surface area contributed by atoms with E-state index in [9.17, 15) is 8.42 Å². The number of sulfone groups is 1. The molecule has 1 atom stereocenters. The van der Waals surface area contributed by atoms with E-state index in [4.69, 9.17) is 11.6 Å². The second kappa shape index (κ2) is 5.78. The normalized spacial score (nSPS) is 25.0. The van der Waals surface area contributed by atoms with Crippen molar-refractivity contribution in [2.45, 2.75) is 38.4 Å². The summed E-state index contributed by atoms with van der Waals surface area (Å²) in [6, 6.07) is 6.72. The lowest BCUT2D eigenvalue weighted by Crippen LogP contribution is -2.47. The van der Waals surface area contributed by atoms with Gasteiger partial charge in [-0.3, -0.25) is 0 Å². The van der Waals surface area contributed by atoms with Crippen molar-refractivity contribution in [1.29, 1.82) is 0 Å². The summed E-state index contributed by atoms with van der Waals surface area (Å²) in [5.74, 6) is 0.410. The van der Waals surface area contributed by atoms with E-state index in [0.717, 1.165) is 12.2 Å². The maximum absolute atomic E-state index is 11.7. The van der Waals surface area contributed by atoms with Crippen LogP contribution in [0.2, 0.25) is 5.02 Å². The van der Waals surface area contributed by atoms with Gasteiger partial charge in [-0.05, 0) is 37.5 Å². The molecule has 1 aromatic carbocycles. The highest BCUT2D eigenvalue weighted by Crippen LogP contribution is 2.30. The fourth-order valence-electron chi connectivity index (χ4n) is 2.80. The molecule has 3 rings (SSSR count). The molecule has 1 saturated heterocycles. The van der Waals surface area contributed by atoms with Gasteiger partial charge in [0.2, 0.25) is 0 Å². The van der Waals surface area contributed by atoms with Gasteiger partial charge in [-0.15, -0.1) is 0 Å². The van der Waals surface area contributed by atoms with E-state index >= 15 is 0 Å². The van der Waals surface area contributed by atoms with Gasteiger partial charge in [0.15, 0.2) is 9.84 Å². The van der Waals surface area contributed by atoms with Crippen molar-refractivity contribution < 1.29 is 8.42 Å². The van der Waals surface area contributed by atoms with E-state index in [0.29, 0.717) is 17.6 Å².